The zero-order valence-corrected chi connectivity index (χ0v) is 11.8. The van der Waals surface area contributed by atoms with Crippen molar-refractivity contribution in [3.05, 3.63) is 64.2 Å². The lowest BCUT2D eigenvalue weighted by molar-refractivity contribution is 0.0474. The minimum absolute atomic E-state index is 0.0442. The van der Waals surface area contributed by atoms with Gasteiger partial charge in [0.1, 0.15) is 12.2 Å². The van der Waals surface area contributed by atoms with Crippen LogP contribution in [0.1, 0.15) is 26.3 Å². The predicted molar refractivity (Wildman–Crippen MR) is 79.9 cm³/mol. The van der Waals surface area contributed by atoms with Crippen molar-refractivity contribution in [1.29, 1.82) is 0 Å². The van der Waals surface area contributed by atoms with Gasteiger partial charge in [-0.3, -0.25) is 4.79 Å². The summed E-state index contributed by atoms with van der Waals surface area (Å²) in [6.45, 7) is 0.0442. The van der Waals surface area contributed by atoms with Crippen LogP contribution in [0.3, 0.4) is 0 Å². The first-order chi connectivity index (χ1) is 9.99. The fourth-order valence-electron chi connectivity index (χ4n) is 1.74. The van der Waals surface area contributed by atoms with Crippen LogP contribution in [-0.2, 0) is 11.3 Å². The smallest absolute Gasteiger partial charge is 0.342 e. The molecule has 0 aliphatic carbocycles. The third-order valence-corrected chi connectivity index (χ3v) is 3.17. The van der Waals surface area contributed by atoms with Gasteiger partial charge in [-0.15, -0.1) is 0 Å². The van der Waals surface area contributed by atoms with Crippen molar-refractivity contribution in [3.63, 3.8) is 0 Å². The number of esters is 1. The van der Waals surface area contributed by atoms with Gasteiger partial charge in [-0.1, -0.05) is 29.8 Å². The van der Waals surface area contributed by atoms with Gasteiger partial charge in [0.05, 0.1) is 5.02 Å². The van der Waals surface area contributed by atoms with Crippen molar-refractivity contribution in [2.45, 2.75) is 6.61 Å². The Bertz CT molecular complexity index is 664. The van der Waals surface area contributed by atoms with Gasteiger partial charge in [0.2, 0.25) is 5.91 Å². The fourth-order valence-corrected chi connectivity index (χ4v) is 2.00. The second-order valence-electron chi connectivity index (χ2n) is 4.34. The highest BCUT2D eigenvalue weighted by molar-refractivity contribution is 6.34. The molecule has 21 heavy (non-hydrogen) atoms. The van der Waals surface area contributed by atoms with Crippen LogP contribution in [0, 0.1) is 0 Å². The quantitative estimate of drug-likeness (QED) is 0.669. The summed E-state index contributed by atoms with van der Waals surface area (Å²) >= 11 is 5.93. The SMILES string of the molecule is NC(=O)c1ccc(COC(=O)c2c(N)cccc2Cl)cc1. The number of anilines is 1. The van der Waals surface area contributed by atoms with E-state index in [0.29, 0.717) is 5.56 Å². The highest BCUT2D eigenvalue weighted by Gasteiger charge is 2.15. The molecule has 108 valence electrons. The summed E-state index contributed by atoms with van der Waals surface area (Å²) in [5, 5.41) is 0.240. The number of halogens is 1. The molecule has 0 spiro atoms. The van der Waals surface area contributed by atoms with Gasteiger partial charge >= 0.3 is 5.97 Å². The zero-order valence-electron chi connectivity index (χ0n) is 11.0. The van der Waals surface area contributed by atoms with E-state index in [1.807, 2.05) is 0 Å². The number of benzene rings is 2. The molecule has 2 rings (SSSR count). The van der Waals surface area contributed by atoms with Gasteiger partial charge in [0.15, 0.2) is 0 Å². The van der Waals surface area contributed by atoms with Crippen molar-refractivity contribution in [3.8, 4) is 0 Å². The summed E-state index contributed by atoms with van der Waals surface area (Å²) < 4.78 is 5.16. The Morgan fingerprint density at radius 3 is 2.33 bits per heavy atom. The summed E-state index contributed by atoms with van der Waals surface area (Å²) in [7, 11) is 0. The number of rotatable bonds is 4. The minimum Gasteiger partial charge on any atom is -0.457 e. The second kappa shape index (κ2) is 6.28. The molecule has 4 N–H and O–H groups in total. The molecule has 0 aromatic heterocycles. The molecule has 0 fully saturated rings. The summed E-state index contributed by atoms with van der Waals surface area (Å²) in [5.74, 6) is -1.11. The van der Waals surface area contributed by atoms with E-state index in [4.69, 9.17) is 27.8 Å². The Kier molecular flexibility index (Phi) is 4.45. The van der Waals surface area contributed by atoms with Crippen LogP contribution in [0.4, 0.5) is 5.69 Å². The number of primary amides is 1. The summed E-state index contributed by atoms with van der Waals surface area (Å²) in [6, 6.07) is 11.2. The zero-order chi connectivity index (χ0) is 15.4. The van der Waals surface area contributed by atoms with Crippen LogP contribution in [-0.4, -0.2) is 11.9 Å². The lowest BCUT2D eigenvalue weighted by Gasteiger charge is -2.08. The standard InChI is InChI=1S/C15H13ClN2O3/c16-11-2-1-3-12(17)13(11)15(20)21-8-9-4-6-10(7-5-9)14(18)19/h1-7H,8,17H2,(H2,18,19). The number of hydrogen-bond donors (Lipinski definition) is 2. The number of nitrogens with two attached hydrogens (primary N) is 2. The second-order valence-corrected chi connectivity index (χ2v) is 4.75. The Hall–Kier alpha value is -2.53. The summed E-state index contributed by atoms with van der Waals surface area (Å²) in [4.78, 5) is 22.9. The van der Waals surface area contributed by atoms with Gasteiger partial charge < -0.3 is 16.2 Å². The number of carbonyl (C=O) groups is 2. The van der Waals surface area contributed by atoms with Crippen LogP contribution >= 0.6 is 11.6 Å². The maximum atomic E-state index is 12.0. The lowest BCUT2D eigenvalue weighted by Crippen LogP contribution is -2.11. The Labute approximate surface area is 126 Å². The Morgan fingerprint density at radius 1 is 1.10 bits per heavy atom. The van der Waals surface area contributed by atoms with Crippen LogP contribution in [0.15, 0.2) is 42.5 Å². The molecule has 0 atom stereocenters. The molecular weight excluding hydrogens is 292 g/mol. The monoisotopic (exact) mass is 304 g/mol. The minimum atomic E-state index is -0.600. The van der Waals surface area contributed by atoms with E-state index in [-0.39, 0.29) is 22.9 Å². The number of hydrogen-bond acceptors (Lipinski definition) is 4. The van der Waals surface area contributed by atoms with Gasteiger partial charge in [-0.05, 0) is 29.8 Å². The molecule has 5 nitrogen and oxygen atoms in total. The van der Waals surface area contributed by atoms with Crippen molar-refractivity contribution >= 4 is 29.2 Å². The molecule has 1 amide bonds. The predicted octanol–water partition coefficient (Wildman–Crippen LogP) is 2.38. The molecular formula is C15H13ClN2O3. The third kappa shape index (κ3) is 3.52. The van der Waals surface area contributed by atoms with E-state index in [9.17, 15) is 9.59 Å². The average Bonchev–Trinajstić information content (AvgIpc) is 2.45. The molecule has 2 aromatic carbocycles. The van der Waals surface area contributed by atoms with Gasteiger partial charge in [-0.25, -0.2) is 4.79 Å². The molecule has 0 unspecified atom stereocenters. The summed E-state index contributed by atoms with van der Waals surface area (Å²) in [6.07, 6.45) is 0. The Balaban J connectivity index is 2.06. The van der Waals surface area contributed by atoms with E-state index < -0.39 is 11.9 Å². The molecule has 0 bridgehead atoms. The molecule has 0 saturated heterocycles. The highest BCUT2D eigenvalue weighted by atomic mass is 35.5. The van der Waals surface area contributed by atoms with E-state index >= 15 is 0 Å². The molecule has 0 saturated carbocycles. The van der Waals surface area contributed by atoms with E-state index in [1.54, 1.807) is 42.5 Å². The maximum absolute atomic E-state index is 12.0. The lowest BCUT2D eigenvalue weighted by atomic mass is 10.1. The van der Waals surface area contributed by atoms with Crippen molar-refractivity contribution in [2.75, 3.05) is 5.73 Å². The van der Waals surface area contributed by atoms with Crippen LogP contribution in [0.5, 0.6) is 0 Å². The van der Waals surface area contributed by atoms with E-state index in [0.717, 1.165) is 5.56 Å². The first-order valence-corrected chi connectivity index (χ1v) is 6.46. The number of amides is 1. The topological polar surface area (TPSA) is 95.4 Å². The number of carbonyl (C=O) groups excluding carboxylic acids is 2. The van der Waals surface area contributed by atoms with E-state index in [1.165, 1.54) is 0 Å². The normalized spacial score (nSPS) is 10.1. The maximum Gasteiger partial charge on any atom is 0.342 e. The Morgan fingerprint density at radius 2 is 1.76 bits per heavy atom. The van der Waals surface area contributed by atoms with Crippen molar-refractivity contribution in [2.24, 2.45) is 5.73 Å². The fraction of sp³-hybridized carbons (Fsp3) is 0.0667. The molecule has 6 heteroatoms. The summed E-state index contributed by atoms with van der Waals surface area (Å²) in [5.41, 5.74) is 12.4. The van der Waals surface area contributed by atoms with Crippen LogP contribution in [0.2, 0.25) is 5.02 Å². The molecule has 0 radical (unpaired) electrons. The molecule has 0 aliphatic heterocycles. The van der Waals surface area contributed by atoms with Crippen LogP contribution < -0.4 is 11.5 Å². The molecule has 2 aromatic rings. The third-order valence-electron chi connectivity index (χ3n) is 2.86. The van der Waals surface area contributed by atoms with Gasteiger partial charge in [0.25, 0.3) is 0 Å². The van der Waals surface area contributed by atoms with E-state index in [2.05, 4.69) is 0 Å². The van der Waals surface area contributed by atoms with Crippen molar-refractivity contribution < 1.29 is 14.3 Å². The van der Waals surface area contributed by atoms with Crippen LogP contribution in [0.25, 0.3) is 0 Å². The number of ether oxygens (including phenoxy) is 1. The molecule has 0 heterocycles. The first kappa shape index (κ1) is 14.9. The molecule has 0 aliphatic rings. The highest BCUT2D eigenvalue weighted by Crippen LogP contribution is 2.23. The number of nitrogen functional groups attached to an aromatic ring is 1. The first-order valence-electron chi connectivity index (χ1n) is 6.09. The van der Waals surface area contributed by atoms with Crippen molar-refractivity contribution in [1.82, 2.24) is 0 Å². The average molecular weight is 305 g/mol. The van der Waals surface area contributed by atoms with Gasteiger partial charge in [0, 0.05) is 11.3 Å². The largest absolute Gasteiger partial charge is 0.457 e. The van der Waals surface area contributed by atoms with Gasteiger partial charge in [-0.2, -0.15) is 0 Å².